The Morgan fingerprint density at radius 1 is 1.67 bits per heavy atom. The van der Waals surface area contributed by atoms with Crippen LogP contribution in [0.3, 0.4) is 0 Å². The van der Waals surface area contributed by atoms with Crippen molar-refractivity contribution in [1.29, 1.82) is 0 Å². The second-order valence-electron chi connectivity index (χ2n) is 2.79. The molecule has 3 heteroatoms. The Labute approximate surface area is 72.4 Å². The Morgan fingerprint density at radius 2 is 2.25 bits per heavy atom. The van der Waals surface area contributed by atoms with Crippen molar-refractivity contribution in [3.05, 3.63) is 0 Å². The minimum absolute atomic E-state index is 0.456. The van der Waals surface area contributed by atoms with Crippen LogP contribution in [0.25, 0.3) is 0 Å². The van der Waals surface area contributed by atoms with Crippen molar-refractivity contribution in [2.75, 3.05) is 0 Å². The average molecular weight is 170 g/mol. The van der Waals surface area contributed by atoms with E-state index in [1.807, 2.05) is 0 Å². The monoisotopic (exact) mass is 170 g/mol. The SMILES string of the molecule is C#CCCC[C@@H](O)[C@H](C)C(=O)O. The van der Waals surface area contributed by atoms with Gasteiger partial charge in [-0.05, 0) is 19.8 Å². The molecule has 0 radical (unpaired) electrons. The van der Waals surface area contributed by atoms with Crippen LogP contribution in [-0.2, 0) is 4.79 Å². The van der Waals surface area contributed by atoms with Crippen LogP contribution in [0.4, 0.5) is 0 Å². The maximum atomic E-state index is 10.4. The number of unbranched alkanes of at least 4 members (excludes halogenated alkanes) is 1. The van der Waals surface area contributed by atoms with E-state index in [9.17, 15) is 9.90 Å². The number of aliphatic carboxylic acids is 1. The summed E-state index contributed by atoms with van der Waals surface area (Å²) in [6.07, 6.45) is 5.94. The summed E-state index contributed by atoms with van der Waals surface area (Å²) in [6.45, 7) is 1.49. The van der Waals surface area contributed by atoms with Gasteiger partial charge in [-0.25, -0.2) is 0 Å². The van der Waals surface area contributed by atoms with Crippen molar-refractivity contribution < 1.29 is 15.0 Å². The predicted octanol–water partition coefficient (Wildman–Crippen LogP) is 0.871. The Kier molecular flexibility index (Phi) is 5.14. The third-order valence-electron chi connectivity index (χ3n) is 1.79. The normalized spacial score (nSPS) is 14.8. The van der Waals surface area contributed by atoms with Crippen molar-refractivity contribution in [1.82, 2.24) is 0 Å². The molecule has 0 aliphatic carbocycles. The average Bonchev–Trinajstić information content (AvgIpc) is 2.03. The van der Waals surface area contributed by atoms with Crippen LogP contribution >= 0.6 is 0 Å². The molecule has 0 heterocycles. The van der Waals surface area contributed by atoms with Gasteiger partial charge < -0.3 is 10.2 Å². The van der Waals surface area contributed by atoms with E-state index < -0.39 is 18.0 Å². The number of terminal acetylenes is 1. The molecule has 2 N–H and O–H groups in total. The second kappa shape index (κ2) is 5.62. The molecule has 0 unspecified atom stereocenters. The fourth-order valence-corrected chi connectivity index (χ4v) is 0.828. The third kappa shape index (κ3) is 3.99. The number of hydrogen-bond donors (Lipinski definition) is 2. The zero-order valence-electron chi connectivity index (χ0n) is 7.16. The van der Waals surface area contributed by atoms with Crippen molar-refractivity contribution in [3.8, 4) is 12.3 Å². The van der Waals surface area contributed by atoms with Gasteiger partial charge in [-0.15, -0.1) is 12.3 Å². The molecule has 3 nitrogen and oxygen atoms in total. The first kappa shape index (κ1) is 11.0. The quantitative estimate of drug-likeness (QED) is 0.475. The summed E-state index contributed by atoms with van der Waals surface area (Å²) in [5.74, 6) is 0.758. The van der Waals surface area contributed by atoms with E-state index in [0.29, 0.717) is 19.3 Å². The highest BCUT2D eigenvalue weighted by atomic mass is 16.4. The van der Waals surface area contributed by atoms with E-state index in [2.05, 4.69) is 5.92 Å². The van der Waals surface area contributed by atoms with Gasteiger partial charge in [0.15, 0.2) is 0 Å². The second-order valence-corrected chi connectivity index (χ2v) is 2.79. The van der Waals surface area contributed by atoms with E-state index >= 15 is 0 Å². The molecule has 0 amide bonds. The number of rotatable bonds is 5. The van der Waals surface area contributed by atoms with Crippen LogP contribution in [0.15, 0.2) is 0 Å². The van der Waals surface area contributed by atoms with Gasteiger partial charge in [0.05, 0.1) is 12.0 Å². The first-order chi connectivity index (χ1) is 5.59. The van der Waals surface area contributed by atoms with Crippen LogP contribution in [0, 0.1) is 18.3 Å². The lowest BCUT2D eigenvalue weighted by atomic mass is 10.00. The fourth-order valence-electron chi connectivity index (χ4n) is 0.828. The van der Waals surface area contributed by atoms with Gasteiger partial charge in [0, 0.05) is 6.42 Å². The van der Waals surface area contributed by atoms with Gasteiger partial charge in [-0.3, -0.25) is 4.79 Å². The minimum Gasteiger partial charge on any atom is -0.481 e. The Morgan fingerprint density at radius 3 is 2.67 bits per heavy atom. The number of hydrogen-bond acceptors (Lipinski definition) is 2. The van der Waals surface area contributed by atoms with Crippen molar-refractivity contribution in [3.63, 3.8) is 0 Å². The summed E-state index contributed by atoms with van der Waals surface area (Å²) in [4.78, 5) is 10.4. The summed E-state index contributed by atoms with van der Waals surface area (Å²) >= 11 is 0. The van der Waals surface area contributed by atoms with Crippen LogP contribution in [0.5, 0.6) is 0 Å². The van der Waals surface area contributed by atoms with E-state index in [1.165, 1.54) is 6.92 Å². The standard InChI is InChI=1S/C9H14O3/c1-3-4-5-6-8(10)7(2)9(11)12/h1,7-8,10H,4-6H2,2H3,(H,11,12)/t7-,8+/m0/s1. The molecular formula is C9H14O3. The summed E-state index contributed by atoms with van der Waals surface area (Å²) < 4.78 is 0. The lowest BCUT2D eigenvalue weighted by Gasteiger charge is -2.13. The Balaban J connectivity index is 3.65. The van der Waals surface area contributed by atoms with Gasteiger partial charge in [0.2, 0.25) is 0 Å². The van der Waals surface area contributed by atoms with Gasteiger partial charge >= 0.3 is 5.97 Å². The summed E-state index contributed by atoms with van der Waals surface area (Å²) in [5.41, 5.74) is 0. The van der Waals surface area contributed by atoms with E-state index in [0.717, 1.165) is 0 Å². The van der Waals surface area contributed by atoms with Crippen molar-refractivity contribution in [2.24, 2.45) is 5.92 Å². The number of carboxylic acid groups (broad SMARTS) is 1. The lowest BCUT2D eigenvalue weighted by Crippen LogP contribution is -2.25. The minimum atomic E-state index is -0.969. The number of carbonyl (C=O) groups is 1. The molecule has 0 saturated heterocycles. The Hall–Kier alpha value is -1.01. The zero-order valence-corrected chi connectivity index (χ0v) is 7.16. The zero-order chi connectivity index (χ0) is 9.56. The maximum Gasteiger partial charge on any atom is 0.308 e. The molecule has 0 aliphatic heterocycles. The largest absolute Gasteiger partial charge is 0.481 e. The molecule has 0 spiro atoms. The number of aliphatic hydroxyl groups excluding tert-OH is 1. The molecule has 12 heavy (non-hydrogen) atoms. The number of carboxylic acids is 1. The molecule has 0 aromatic rings. The summed E-state index contributed by atoms with van der Waals surface area (Å²) in [6, 6.07) is 0. The molecule has 0 saturated carbocycles. The fraction of sp³-hybridized carbons (Fsp3) is 0.667. The lowest BCUT2D eigenvalue weighted by molar-refractivity contribution is -0.144. The van der Waals surface area contributed by atoms with Crippen LogP contribution in [0.1, 0.15) is 26.2 Å². The van der Waals surface area contributed by atoms with Crippen molar-refractivity contribution >= 4 is 5.97 Å². The number of aliphatic hydroxyl groups is 1. The topological polar surface area (TPSA) is 57.5 Å². The maximum absolute atomic E-state index is 10.4. The Bertz CT molecular complexity index is 181. The summed E-state index contributed by atoms with van der Waals surface area (Å²) in [7, 11) is 0. The highest BCUT2D eigenvalue weighted by Crippen LogP contribution is 2.10. The molecule has 0 aromatic carbocycles. The van der Waals surface area contributed by atoms with Gasteiger partial charge in [-0.1, -0.05) is 0 Å². The highest BCUT2D eigenvalue weighted by molar-refractivity contribution is 5.70. The first-order valence-electron chi connectivity index (χ1n) is 3.94. The van der Waals surface area contributed by atoms with E-state index in [4.69, 9.17) is 11.5 Å². The van der Waals surface area contributed by atoms with E-state index in [1.54, 1.807) is 0 Å². The first-order valence-corrected chi connectivity index (χ1v) is 3.94. The molecule has 2 atom stereocenters. The highest BCUT2D eigenvalue weighted by Gasteiger charge is 2.20. The molecule has 0 aliphatic rings. The summed E-state index contributed by atoms with van der Waals surface area (Å²) in [5, 5.41) is 17.8. The van der Waals surface area contributed by atoms with Gasteiger partial charge in [0.25, 0.3) is 0 Å². The molecular weight excluding hydrogens is 156 g/mol. The third-order valence-corrected chi connectivity index (χ3v) is 1.79. The molecule has 0 fully saturated rings. The van der Waals surface area contributed by atoms with Crippen LogP contribution in [-0.4, -0.2) is 22.3 Å². The van der Waals surface area contributed by atoms with Crippen LogP contribution in [0.2, 0.25) is 0 Å². The molecule has 0 rings (SSSR count). The smallest absolute Gasteiger partial charge is 0.308 e. The van der Waals surface area contributed by atoms with Gasteiger partial charge in [-0.2, -0.15) is 0 Å². The predicted molar refractivity (Wildman–Crippen MR) is 45.5 cm³/mol. The van der Waals surface area contributed by atoms with Gasteiger partial charge in [0.1, 0.15) is 0 Å². The van der Waals surface area contributed by atoms with E-state index in [-0.39, 0.29) is 0 Å². The molecule has 0 aromatic heterocycles. The van der Waals surface area contributed by atoms with Crippen LogP contribution < -0.4 is 0 Å². The molecule has 68 valence electrons. The van der Waals surface area contributed by atoms with Crippen molar-refractivity contribution in [2.45, 2.75) is 32.3 Å². The molecule has 0 bridgehead atoms.